The van der Waals surface area contributed by atoms with Gasteiger partial charge in [-0.15, -0.1) is 0 Å². The van der Waals surface area contributed by atoms with Gasteiger partial charge in [-0.25, -0.2) is 4.98 Å². The van der Waals surface area contributed by atoms with Crippen LogP contribution in [-0.2, 0) is 4.79 Å². The Morgan fingerprint density at radius 1 is 1.33 bits per heavy atom. The maximum atomic E-state index is 11.9. The number of hydrogen-bond donors (Lipinski definition) is 1. The van der Waals surface area contributed by atoms with Crippen LogP contribution < -0.4 is 10.2 Å². The van der Waals surface area contributed by atoms with Gasteiger partial charge in [0.1, 0.15) is 5.82 Å². The van der Waals surface area contributed by atoms with Crippen molar-refractivity contribution in [3.8, 4) is 0 Å². The molecule has 1 saturated heterocycles. The zero-order valence-corrected chi connectivity index (χ0v) is 10.5. The fourth-order valence-corrected chi connectivity index (χ4v) is 2.62. The first-order chi connectivity index (χ1) is 8.83. The molecule has 1 aliphatic carbocycles. The lowest BCUT2D eigenvalue weighted by molar-refractivity contribution is -0.127. The molecule has 18 heavy (non-hydrogen) atoms. The summed E-state index contributed by atoms with van der Waals surface area (Å²) in [5, 5.41) is 3.17. The molecule has 1 saturated carbocycles. The molecule has 2 heterocycles. The van der Waals surface area contributed by atoms with Crippen molar-refractivity contribution in [2.24, 2.45) is 5.92 Å². The summed E-state index contributed by atoms with van der Waals surface area (Å²) in [4.78, 5) is 18.5. The number of hydrogen-bond acceptors (Lipinski definition) is 3. The molecule has 4 nitrogen and oxygen atoms in total. The van der Waals surface area contributed by atoms with Crippen molar-refractivity contribution in [2.45, 2.75) is 31.7 Å². The zero-order chi connectivity index (χ0) is 12.4. The van der Waals surface area contributed by atoms with Crippen LogP contribution in [0.15, 0.2) is 24.4 Å². The van der Waals surface area contributed by atoms with Gasteiger partial charge in [-0.05, 0) is 31.4 Å². The molecule has 1 N–H and O–H groups in total. The lowest BCUT2D eigenvalue weighted by atomic mass is 9.84. The van der Waals surface area contributed by atoms with E-state index >= 15 is 0 Å². The molecule has 0 radical (unpaired) electrons. The molecule has 1 aromatic heterocycles. The highest BCUT2D eigenvalue weighted by atomic mass is 16.2. The third-order valence-electron chi connectivity index (χ3n) is 3.98. The number of nitrogens with one attached hydrogen (secondary N) is 1. The molecule has 0 aromatic carbocycles. The summed E-state index contributed by atoms with van der Waals surface area (Å²) >= 11 is 0. The molecule has 0 bridgehead atoms. The summed E-state index contributed by atoms with van der Waals surface area (Å²) in [6.45, 7) is 1.86. The van der Waals surface area contributed by atoms with E-state index in [4.69, 9.17) is 0 Å². The minimum absolute atomic E-state index is 0.258. The van der Waals surface area contributed by atoms with Gasteiger partial charge in [-0.3, -0.25) is 4.79 Å². The van der Waals surface area contributed by atoms with Crippen molar-refractivity contribution >= 4 is 11.7 Å². The van der Waals surface area contributed by atoms with Crippen molar-refractivity contribution in [3.05, 3.63) is 24.4 Å². The van der Waals surface area contributed by atoms with Crippen LogP contribution in [0, 0.1) is 5.92 Å². The van der Waals surface area contributed by atoms with Gasteiger partial charge in [0.15, 0.2) is 0 Å². The first-order valence-corrected chi connectivity index (χ1v) is 6.79. The Balaban J connectivity index is 1.53. The molecule has 1 aliphatic heterocycles. The van der Waals surface area contributed by atoms with Crippen molar-refractivity contribution in [1.82, 2.24) is 10.3 Å². The van der Waals surface area contributed by atoms with Crippen molar-refractivity contribution in [1.29, 1.82) is 0 Å². The number of aromatic nitrogens is 1. The quantitative estimate of drug-likeness (QED) is 0.879. The Morgan fingerprint density at radius 2 is 2.22 bits per heavy atom. The maximum absolute atomic E-state index is 11.9. The molecule has 3 rings (SSSR count). The van der Waals surface area contributed by atoms with Crippen LogP contribution in [0.1, 0.15) is 25.7 Å². The fourth-order valence-electron chi connectivity index (χ4n) is 2.62. The second-order valence-corrected chi connectivity index (χ2v) is 5.26. The van der Waals surface area contributed by atoms with Crippen LogP contribution >= 0.6 is 0 Å². The molecule has 4 heteroatoms. The zero-order valence-electron chi connectivity index (χ0n) is 10.5. The summed E-state index contributed by atoms with van der Waals surface area (Å²) in [6.07, 6.45) is 6.19. The van der Waals surface area contributed by atoms with Gasteiger partial charge in [0.05, 0.1) is 0 Å². The van der Waals surface area contributed by atoms with E-state index in [1.54, 1.807) is 0 Å². The Kier molecular flexibility index (Phi) is 3.17. The number of amides is 1. The first kappa shape index (κ1) is 11.5. The van der Waals surface area contributed by atoms with E-state index in [1.165, 1.54) is 6.42 Å². The summed E-state index contributed by atoms with van der Waals surface area (Å²) in [7, 11) is 0. The largest absolute Gasteiger partial charge is 0.354 e. The number of nitrogens with zero attached hydrogens (tertiary/aromatic N) is 2. The SMILES string of the molecule is O=C(NC1CCN(c2ccccn2)C1)C1CCC1. The van der Waals surface area contributed by atoms with E-state index in [2.05, 4.69) is 15.2 Å². The minimum Gasteiger partial charge on any atom is -0.354 e. The summed E-state index contributed by atoms with van der Waals surface area (Å²) < 4.78 is 0. The first-order valence-electron chi connectivity index (χ1n) is 6.79. The van der Waals surface area contributed by atoms with E-state index in [9.17, 15) is 4.79 Å². The van der Waals surface area contributed by atoms with Gasteiger partial charge >= 0.3 is 0 Å². The van der Waals surface area contributed by atoms with Crippen LogP contribution in [0.25, 0.3) is 0 Å². The van der Waals surface area contributed by atoms with Crippen molar-refractivity contribution in [3.63, 3.8) is 0 Å². The number of carbonyl (C=O) groups excluding carboxylic acids is 1. The van der Waals surface area contributed by atoms with Gasteiger partial charge < -0.3 is 10.2 Å². The van der Waals surface area contributed by atoms with E-state index in [0.717, 1.165) is 38.2 Å². The lowest BCUT2D eigenvalue weighted by Gasteiger charge is -2.26. The van der Waals surface area contributed by atoms with Gasteiger partial charge in [0.2, 0.25) is 5.91 Å². The summed E-state index contributed by atoms with van der Waals surface area (Å²) in [6, 6.07) is 6.24. The van der Waals surface area contributed by atoms with Crippen LogP contribution in [0.2, 0.25) is 0 Å². The van der Waals surface area contributed by atoms with Gasteiger partial charge in [0.25, 0.3) is 0 Å². The van der Waals surface area contributed by atoms with E-state index in [0.29, 0.717) is 6.04 Å². The standard InChI is InChI=1S/C14H19N3O/c18-14(11-4-3-5-11)16-12-7-9-17(10-12)13-6-1-2-8-15-13/h1-2,6,8,11-12H,3-5,7,9-10H2,(H,16,18). The third kappa shape index (κ3) is 2.33. The highest BCUT2D eigenvalue weighted by molar-refractivity contribution is 5.79. The normalized spacial score (nSPS) is 23.8. The fraction of sp³-hybridized carbons (Fsp3) is 0.571. The second-order valence-electron chi connectivity index (χ2n) is 5.26. The minimum atomic E-state index is 0.258. The molecule has 1 aromatic rings. The summed E-state index contributed by atoms with van der Waals surface area (Å²) in [5.41, 5.74) is 0. The van der Waals surface area contributed by atoms with E-state index < -0.39 is 0 Å². The van der Waals surface area contributed by atoms with Gasteiger partial charge in [-0.2, -0.15) is 0 Å². The third-order valence-corrected chi connectivity index (χ3v) is 3.98. The highest BCUT2D eigenvalue weighted by Gasteiger charge is 2.30. The Hall–Kier alpha value is -1.58. The predicted molar refractivity (Wildman–Crippen MR) is 70.3 cm³/mol. The smallest absolute Gasteiger partial charge is 0.223 e. The number of pyridine rings is 1. The highest BCUT2D eigenvalue weighted by Crippen LogP contribution is 2.27. The van der Waals surface area contributed by atoms with Crippen LogP contribution in [0.4, 0.5) is 5.82 Å². The van der Waals surface area contributed by atoms with E-state index in [-0.39, 0.29) is 11.8 Å². The Morgan fingerprint density at radius 3 is 2.89 bits per heavy atom. The molecule has 96 valence electrons. The average molecular weight is 245 g/mol. The molecule has 1 amide bonds. The summed E-state index contributed by atoms with van der Waals surface area (Å²) in [5.74, 6) is 1.56. The Labute approximate surface area is 107 Å². The van der Waals surface area contributed by atoms with Crippen LogP contribution in [0.3, 0.4) is 0 Å². The topological polar surface area (TPSA) is 45.2 Å². The second kappa shape index (κ2) is 4.96. The maximum Gasteiger partial charge on any atom is 0.223 e. The number of carbonyl (C=O) groups is 1. The predicted octanol–water partition coefficient (Wildman–Crippen LogP) is 1.58. The lowest BCUT2D eigenvalue weighted by Crippen LogP contribution is -2.42. The van der Waals surface area contributed by atoms with Crippen molar-refractivity contribution < 1.29 is 4.79 Å². The average Bonchev–Trinajstić information content (AvgIpc) is 2.76. The molecule has 2 fully saturated rings. The van der Waals surface area contributed by atoms with Gasteiger partial charge in [-0.1, -0.05) is 12.5 Å². The van der Waals surface area contributed by atoms with Gasteiger partial charge in [0, 0.05) is 31.2 Å². The monoisotopic (exact) mass is 245 g/mol. The van der Waals surface area contributed by atoms with Crippen LogP contribution in [0.5, 0.6) is 0 Å². The van der Waals surface area contributed by atoms with E-state index in [1.807, 2.05) is 24.4 Å². The van der Waals surface area contributed by atoms with Crippen LogP contribution in [-0.4, -0.2) is 30.0 Å². The molecule has 1 unspecified atom stereocenters. The number of anilines is 1. The Bertz CT molecular complexity index is 416. The van der Waals surface area contributed by atoms with Crippen molar-refractivity contribution in [2.75, 3.05) is 18.0 Å². The molecule has 0 spiro atoms. The molecular weight excluding hydrogens is 226 g/mol. The molecule has 2 aliphatic rings. The molecular formula is C14H19N3O. The number of rotatable bonds is 3. The molecule has 1 atom stereocenters.